The van der Waals surface area contributed by atoms with Gasteiger partial charge in [-0.2, -0.15) is 0 Å². The third kappa shape index (κ3) is 3.44. The lowest BCUT2D eigenvalue weighted by molar-refractivity contribution is -0.101. The lowest BCUT2D eigenvalue weighted by atomic mass is 10.2. The molecule has 1 unspecified atom stereocenters. The smallest absolute Gasteiger partial charge is 0.336 e. The largest absolute Gasteiger partial charge is 0.491 e. The molecule has 5 nitrogen and oxygen atoms in total. The predicted octanol–water partition coefficient (Wildman–Crippen LogP) is 1.94. The molecule has 1 atom stereocenters. The highest BCUT2D eigenvalue weighted by molar-refractivity contribution is 9.10. The Balaban J connectivity index is 1.96. The molecule has 1 fully saturated rings. The zero-order valence-corrected chi connectivity index (χ0v) is 11.2. The Labute approximate surface area is 113 Å². The zero-order chi connectivity index (χ0) is 13.0. The van der Waals surface area contributed by atoms with E-state index in [0.717, 1.165) is 0 Å². The molecular formula is C12H13BrO5. The van der Waals surface area contributed by atoms with Crippen LogP contribution in [-0.2, 0) is 9.47 Å². The van der Waals surface area contributed by atoms with Crippen LogP contribution in [0.4, 0.5) is 0 Å². The molecule has 6 heteroatoms. The van der Waals surface area contributed by atoms with Crippen molar-refractivity contribution in [1.82, 2.24) is 0 Å². The topological polar surface area (TPSA) is 65.0 Å². The van der Waals surface area contributed by atoms with Gasteiger partial charge in [0.2, 0.25) is 0 Å². The number of carboxylic acid groups (broad SMARTS) is 1. The van der Waals surface area contributed by atoms with E-state index in [-0.39, 0.29) is 11.7 Å². The van der Waals surface area contributed by atoms with E-state index >= 15 is 0 Å². The van der Waals surface area contributed by atoms with Gasteiger partial charge in [-0.25, -0.2) is 4.79 Å². The van der Waals surface area contributed by atoms with Gasteiger partial charge in [0, 0.05) is 4.47 Å². The molecule has 0 aromatic heterocycles. The summed E-state index contributed by atoms with van der Waals surface area (Å²) in [6, 6.07) is 4.84. The van der Waals surface area contributed by atoms with Crippen LogP contribution in [-0.4, -0.2) is 43.6 Å². The van der Waals surface area contributed by atoms with Crippen molar-refractivity contribution in [3.8, 4) is 5.75 Å². The van der Waals surface area contributed by atoms with E-state index in [9.17, 15) is 4.79 Å². The van der Waals surface area contributed by atoms with Crippen LogP contribution in [0.2, 0.25) is 0 Å². The molecule has 1 aliphatic rings. The van der Waals surface area contributed by atoms with Crippen molar-refractivity contribution in [2.45, 2.75) is 6.10 Å². The number of halogens is 1. The van der Waals surface area contributed by atoms with Crippen molar-refractivity contribution in [2.24, 2.45) is 0 Å². The Bertz CT molecular complexity index is 428. The third-order valence-electron chi connectivity index (χ3n) is 2.49. The van der Waals surface area contributed by atoms with Crippen molar-refractivity contribution >= 4 is 21.9 Å². The molecule has 1 heterocycles. The Hall–Kier alpha value is -1.11. The normalized spacial score (nSPS) is 19.5. The molecule has 98 valence electrons. The molecule has 1 saturated heterocycles. The van der Waals surface area contributed by atoms with E-state index in [2.05, 4.69) is 15.9 Å². The summed E-state index contributed by atoms with van der Waals surface area (Å²) in [6.07, 6.45) is -0.101. The van der Waals surface area contributed by atoms with Crippen LogP contribution in [0.25, 0.3) is 0 Å². The summed E-state index contributed by atoms with van der Waals surface area (Å²) >= 11 is 3.18. The van der Waals surface area contributed by atoms with E-state index in [1.165, 1.54) is 6.07 Å². The summed E-state index contributed by atoms with van der Waals surface area (Å²) < 4.78 is 16.7. The second-order valence-electron chi connectivity index (χ2n) is 3.83. The van der Waals surface area contributed by atoms with E-state index in [1.807, 2.05) is 0 Å². The van der Waals surface area contributed by atoms with E-state index in [0.29, 0.717) is 36.6 Å². The van der Waals surface area contributed by atoms with Gasteiger partial charge < -0.3 is 19.3 Å². The molecule has 0 bridgehead atoms. The minimum Gasteiger partial charge on any atom is -0.491 e. The quantitative estimate of drug-likeness (QED) is 0.919. The standard InChI is InChI=1S/C12H13BrO5/c13-11-2-1-8(5-10(11)12(14)15)18-7-9-6-16-3-4-17-9/h1-2,5,9H,3-4,6-7H2,(H,14,15). The number of hydrogen-bond acceptors (Lipinski definition) is 4. The third-order valence-corrected chi connectivity index (χ3v) is 3.18. The predicted molar refractivity (Wildman–Crippen MR) is 67.2 cm³/mol. The van der Waals surface area contributed by atoms with Gasteiger partial charge in [-0.05, 0) is 34.1 Å². The first-order valence-electron chi connectivity index (χ1n) is 5.52. The summed E-state index contributed by atoms with van der Waals surface area (Å²) in [5.74, 6) is -0.491. The molecule has 18 heavy (non-hydrogen) atoms. The summed E-state index contributed by atoms with van der Waals surface area (Å²) in [5.41, 5.74) is 0.174. The fourth-order valence-electron chi connectivity index (χ4n) is 1.58. The maximum atomic E-state index is 10.9. The number of benzene rings is 1. The first-order chi connectivity index (χ1) is 8.66. The molecule has 1 N–H and O–H groups in total. The zero-order valence-electron chi connectivity index (χ0n) is 9.60. The van der Waals surface area contributed by atoms with Crippen LogP contribution in [0.5, 0.6) is 5.75 Å². The monoisotopic (exact) mass is 316 g/mol. The minimum atomic E-state index is -0.996. The Kier molecular flexibility index (Phi) is 4.57. The number of carboxylic acids is 1. The minimum absolute atomic E-state index is 0.101. The van der Waals surface area contributed by atoms with Gasteiger partial charge in [0.15, 0.2) is 0 Å². The van der Waals surface area contributed by atoms with Crippen molar-refractivity contribution in [3.05, 3.63) is 28.2 Å². The lowest BCUT2D eigenvalue weighted by Gasteiger charge is -2.23. The average molecular weight is 317 g/mol. The van der Waals surface area contributed by atoms with Gasteiger partial charge in [-0.3, -0.25) is 0 Å². The highest BCUT2D eigenvalue weighted by Gasteiger charge is 2.16. The van der Waals surface area contributed by atoms with Crippen molar-refractivity contribution < 1.29 is 24.1 Å². The van der Waals surface area contributed by atoms with Gasteiger partial charge in [0.25, 0.3) is 0 Å². The Morgan fingerprint density at radius 3 is 3.00 bits per heavy atom. The summed E-state index contributed by atoms with van der Waals surface area (Å²) in [7, 11) is 0. The molecule has 0 amide bonds. The maximum absolute atomic E-state index is 10.9. The first-order valence-corrected chi connectivity index (χ1v) is 6.31. The second kappa shape index (κ2) is 6.17. The maximum Gasteiger partial charge on any atom is 0.336 e. The average Bonchev–Trinajstić information content (AvgIpc) is 2.38. The van der Waals surface area contributed by atoms with Crippen molar-refractivity contribution in [1.29, 1.82) is 0 Å². The van der Waals surface area contributed by atoms with Crippen LogP contribution < -0.4 is 4.74 Å². The van der Waals surface area contributed by atoms with Gasteiger partial charge in [-0.15, -0.1) is 0 Å². The molecular weight excluding hydrogens is 304 g/mol. The van der Waals surface area contributed by atoms with Crippen LogP contribution in [0, 0.1) is 0 Å². The molecule has 2 rings (SSSR count). The van der Waals surface area contributed by atoms with Crippen LogP contribution in [0.1, 0.15) is 10.4 Å². The van der Waals surface area contributed by atoms with Gasteiger partial charge >= 0.3 is 5.97 Å². The Morgan fingerprint density at radius 2 is 2.33 bits per heavy atom. The van der Waals surface area contributed by atoms with E-state index < -0.39 is 5.97 Å². The summed E-state index contributed by atoms with van der Waals surface area (Å²) in [6.45, 7) is 2.02. The van der Waals surface area contributed by atoms with Crippen LogP contribution >= 0.6 is 15.9 Å². The molecule has 1 aromatic rings. The SMILES string of the molecule is O=C(O)c1cc(OCC2COCCO2)ccc1Br. The van der Waals surface area contributed by atoms with Gasteiger partial charge in [-0.1, -0.05) is 0 Å². The number of hydrogen-bond donors (Lipinski definition) is 1. The number of ether oxygens (including phenoxy) is 3. The second-order valence-corrected chi connectivity index (χ2v) is 4.68. The van der Waals surface area contributed by atoms with Gasteiger partial charge in [0.1, 0.15) is 18.5 Å². The van der Waals surface area contributed by atoms with Crippen LogP contribution in [0.15, 0.2) is 22.7 Å². The van der Waals surface area contributed by atoms with E-state index in [1.54, 1.807) is 12.1 Å². The van der Waals surface area contributed by atoms with Crippen molar-refractivity contribution in [3.63, 3.8) is 0 Å². The van der Waals surface area contributed by atoms with Crippen LogP contribution in [0.3, 0.4) is 0 Å². The highest BCUT2D eigenvalue weighted by Crippen LogP contribution is 2.23. The fourth-order valence-corrected chi connectivity index (χ4v) is 2.00. The first kappa shape index (κ1) is 13.3. The summed E-state index contributed by atoms with van der Waals surface area (Å²) in [5, 5.41) is 8.98. The molecule has 1 aliphatic heterocycles. The van der Waals surface area contributed by atoms with Crippen molar-refractivity contribution in [2.75, 3.05) is 26.4 Å². The molecule has 0 aliphatic carbocycles. The molecule has 0 saturated carbocycles. The number of carbonyl (C=O) groups is 1. The highest BCUT2D eigenvalue weighted by atomic mass is 79.9. The molecule has 1 aromatic carbocycles. The number of rotatable bonds is 4. The fraction of sp³-hybridized carbons (Fsp3) is 0.417. The molecule has 0 radical (unpaired) electrons. The number of aromatic carboxylic acids is 1. The van der Waals surface area contributed by atoms with E-state index in [4.69, 9.17) is 19.3 Å². The van der Waals surface area contributed by atoms with Gasteiger partial charge in [0.05, 0.1) is 25.4 Å². The lowest BCUT2D eigenvalue weighted by Crippen LogP contribution is -2.33. The Morgan fingerprint density at radius 1 is 1.50 bits per heavy atom. The molecule has 0 spiro atoms. The summed E-state index contributed by atoms with van der Waals surface area (Å²) in [4.78, 5) is 10.9.